The molecule has 192 valence electrons. The minimum atomic E-state index is 1.25. The van der Waals surface area contributed by atoms with E-state index in [1.807, 2.05) is 0 Å². The first-order valence-electron chi connectivity index (χ1n) is 14.7. The molecule has 0 saturated heterocycles. The molecule has 0 aromatic heterocycles. The first kappa shape index (κ1) is 22.3. The van der Waals surface area contributed by atoms with Gasteiger partial charge < -0.3 is 0 Å². The zero-order valence-corrected chi connectivity index (χ0v) is 22.9. The molecule has 10 aromatic carbocycles. The molecule has 0 heterocycles. The van der Waals surface area contributed by atoms with Gasteiger partial charge in [0, 0.05) is 0 Å². The summed E-state index contributed by atoms with van der Waals surface area (Å²) in [5.74, 6) is 0. The topological polar surface area (TPSA) is 0 Å². The SMILES string of the molecule is c1ccc2c(-c3cc4ccc5cccc6ccc(c3)c4c56)cc(-c3cc4ccc5cccc6ccc(c3)c4c56)cc2c1. The standard InChI is InChI=1S/C42H24/c1-2-10-37-29(5-1)19-35(34-20-30-15-11-25-6-3-7-26-12-16-31(21-34)41(30)39(25)26)24-38(37)36-22-32-17-13-27-8-4-9-28-14-18-33(23-36)42(32)40(27)28/h1-24H. The minimum Gasteiger partial charge on any atom is -0.0616 e. The summed E-state index contributed by atoms with van der Waals surface area (Å²) in [6.07, 6.45) is 0. The summed E-state index contributed by atoms with van der Waals surface area (Å²) in [6, 6.07) is 54.5. The van der Waals surface area contributed by atoms with Gasteiger partial charge in [0.15, 0.2) is 0 Å². The third-order valence-corrected chi connectivity index (χ3v) is 9.43. The molecule has 0 aliphatic rings. The lowest BCUT2D eigenvalue weighted by molar-refractivity contribution is 1.66. The second-order valence-electron chi connectivity index (χ2n) is 11.8. The van der Waals surface area contributed by atoms with E-state index >= 15 is 0 Å². The Kier molecular flexibility index (Phi) is 4.27. The van der Waals surface area contributed by atoms with E-state index in [2.05, 4.69) is 146 Å². The van der Waals surface area contributed by atoms with Crippen molar-refractivity contribution in [3.63, 3.8) is 0 Å². The molecule has 0 atom stereocenters. The van der Waals surface area contributed by atoms with Gasteiger partial charge in [0.1, 0.15) is 0 Å². The summed E-state index contributed by atoms with van der Waals surface area (Å²) in [5, 5.41) is 18.4. The maximum Gasteiger partial charge on any atom is -0.00264 e. The van der Waals surface area contributed by atoms with Crippen molar-refractivity contribution in [2.45, 2.75) is 0 Å². The van der Waals surface area contributed by atoms with Crippen molar-refractivity contribution in [2.24, 2.45) is 0 Å². The smallest absolute Gasteiger partial charge is 0.00264 e. The lowest BCUT2D eigenvalue weighted by Gasteiger charge is -2.16. The van der Waals surface area contributed by atoms with Gasteiger partial charge in [0.2, 0.25) is 0 Å². The molecule has 0 bridgehead atoms. The lowest BCUT2D eigenvalue weighted by atomic mass is 9.87. The monoisotopic (exact) mass is 528 g/mol. The largest absolute Gasteiger partial charge is 0.0616 e. The number of hydrogen-bond acceptors (Lipinski definition) is 0. The van der Waals surface area contributed by atoms with Crippen LogP contribution in [-0.2, 0) is 0 Å². The zero-order valence-electron chi connectivity index (χ0n) is 22.9. The van der Waals surface area contributed by atoms with Gasteiger partial charge in [-0.3, -0.25) is 0 Å². The number of fused-ring (bicyclic) bond motifs is 1. The molecule has 0 amide bonds. The molecule has 0 aliphatic heterocycles. The zero-order chi connectivity index (χ0) is 27.4. The molecule has 0 spiro atoms. The van der Waals surface area contributed by atoms with Crippen molar-refractivity contribution in [3.8, 4) is 22.3 Å². The van der Waals surface area contributed by atoms with Gasteiger partial charge >= 0.3 is 0 Å². The van der Waals surface area contributed by atoms with Crippen molar-refractivity contribution >= 4 is 75.4 Å². The summed E-state index contributed by atoms with van der Waals surface area (Å²) < 4.78 is 0. The van der Waals surface area contributed by atoms with E-state index in [1.54, 1.807) is 0 Å². The highest BCUT2D eigenvalue weighted by Crippen LogP contribution is 2.42. The average molecular weight is 529 g/mol. The van der Waals surface area contributed by atoms with Gasteiger partial charge in [-0.25, -0.2) is 0 Å². The molecule has 10 rings (SSSR count). The minimum absolute atomic E-state index is 1.25. The first-order chi connectivity index (χ1) is 20.8. The van der Waals surface area contributed by atoms with E-state index in [9.17, 15) is 0 Å². The van der Waals surface area contributed by atoms with Crippen LogP contribution in [0.15, 0.2) is 146 Å². The van der Waals surface area contributed by atoms with Gasteiger partial charge in [-0.15, -0.1) is 0 Å². The molecule has 0 nitrogen and oxygen atoms in total. The Hall–Kier alpha value is -5.46. The Balaban J connectivity index is 1.24. The Morgan fingerprint density at radius 3 is 1.12 bits per heavy atom. The highest BCUT2D eigenvalue weighted by Gasteiger charge is 2.15. The van der Waals surface area contributed by atoms with E-state index in [0.717, 1.165) is 0 Å². The molecule has 0 unspecified atom stereocenters. The Morgan fingerprint density at radius 1 is 0.238 bits per heavy atom. The Morgan fingerprint density at radius 2 is 0.595 bits per heavy atom. The van der Waals surface area contributed by atoms with Gasteiger partial charge in [0.25, 0.3) is 0 Å². The number of benzene rings is 10. The molecular formula is C42H24. The molecule has 0 N–H and O–H groups in total. The summed E-state index contributed by atoms with van der Waals surface area (Å²) in [4.78, 5) is 0. The summed E-state index contributed by atoms with van der Waals surface area (Å²) in [6.45, 7) is 0. The fourth-order valence-corrected chi connectivity index (χ4v) is 7.55. The van der Waals surface area contributed by atoms with Gasteiger partial charge in [-0.2, -0.15) is 0 Å². The van der Waals surface area contributed by atoms with Crippen LogP contribution < -0.4 is 0 Å². The third kappa shape index (κ3) is 3.01. The van der Waals surface area contributed by atoms with Crippen molar-refractivity contribution in [3.05, 3.63) is 146 Å². The fourth-order valence-electron chi connectivity index (χ4n) is 7.55. The second kappa shape index (κ2) is 8.06. The number of rotatable bonds is 2. The summed E-state index contributed by atoms with van der Waals surface area (Å²) in [5.41, 5.74) is 5.04. The van der Waals surface area contributed by atoms with Crippen LogP contribution in [0, 0.1) is 0 Å². The predicted molar refractivity (Wildman–Crippen MR) is 182 cm³/mol. The van der Waals surface area contributed by atoms with E-state index in [-0.39, 0.29) is 0 Å². The molecule has 42 heavy (non-hydrogen) atoms. The van der Waals surface area contributed by atoms with Crippen molar-refractivity contribution in [1.82, 2.24) is 0 Å². The summed E-state index contributed by atoms with van der Waals surface area (Å²) in [7, 11) is 0. The van der Waals surface area contributed by atoms with E-state index in [4.69, 9.17) is 0 Å². The molecule has 0 aliphatic carbocycles. The maximum absolute atomic E-state index is 2.40. The maximum atomic E-state index is 2.40. The lowest BCUT2D eigenvalue weighted by Crippen LogP contribution is -1.89. The average Bonchev–Trinajstić information content (AvgIpc) is 3.05. The Labute approximate surface area is 242 Å². The highest BCUT2D eigenvalue weighted by molar-refractivity contribution is 6.25. The third-order valence-electron chi connectivity index (χ3n) is 9.43. The molecule has 0 fully saturated rings. The highest BCUT2D eigenvalue weighted by atomic mass is 14.2. The van der Waals surface area contributed by atoms with Crippen LogP contribution in [0.25, 0.3) is 97.7 Å². The van der Waals surface area contributed by atoms with Crippen molar-refractivity contribution in [2.75, 3.05) is 0 Å². The van der Waals surface area contributed by atoms with E-state index < -0.39 is 0 Å². The summed E-state index contributed by atoms with van der Waals surface area (Å²) >= 11 is 0. The molecule has 0 radical (unpaired) electrons. The van der Waals surface area contributed by atoms with Crippen molar-refractivity contribution in [1.29, 1.82) is 0 Å². The predicted octanol–water partition coefficient (Wildman–Crippen LogP) is 12.0. The molecular weight excluding hydrogens is 504 g/mol. The Bertz CT molecular complexity index is 2550. The van der Waals surface area contributed by atoms with Crippen LogP contribution in [0.1, 0.15) is 0 Å². The molecule has 10 aromatic rings. The van der Waals surface area contributed by atoms with Crippen LogP contribution in [0.3, 0.4) is 0 Å². The van der Waals surface area contributed by atoms with Gasteiger partial charge in [0.05, 0.1) is 0 Å². The van der Waals surface area contributed by atoms with Crippen molar-refractivity contribution < 1.29 is 0 Å². The van der Waals surface area contributed by atoms with Crippen LogP contribution in [0.4, 0.5) is 0 Å². The normalized spacial score (nSPS) is 12.3. The van der Waals surface area contributed by atoms with Gasteiger partial charge in [-0.05, 0) is 134 Å². The fraction of sp³-hybridized carbons (Fsp3) is 0. The van der Waals surface area contributed by atoms with E-state index in [1.165, 1.54) is 97.7 Å². The quantitative estimate of drug-likeness (QED) is 0.196. The van der Waals surface area contributed by atoms with Crippen LogP contribution in [0.5, 0.6) is 0 Å². The molecule has 0 heteroatoms. The van der Waals surface area contributed by atoms with E-state index in [0.29, 0.717) is 0 Å². The second-order valence-corrected chi connectivity index (χ2v) is 11.8. The van der Waals surface area contributed by atoms with Gasteiger partial charge in [-0.1, -0.05) is 109 Å². The van der Waals surface area contributed by atoms with Crippen LogP contribution in [-0.4, -0.2) is 0 Å². The first-order valence-corrected chi connectivity index (χ1v) is 14.7. The van der Waals surface area contributed by atoms with Crippen LogP contribution in [0.2, 0.25) is 0 Å². The van der Waals surface area contributed by atoms with Crippen LogP contribution >= 0.6 is 0 Å². The number of hydrogen-bond donors (Lipinski definition) is 0. The molecule has 0 saturated carbocycles.